The first-order valence-corrected chi connectivity index (χ1v) is 6.90. The maximum atomic E-state index is 9.24. The largest absolute Gasteiger partial charge is 0.395 e. The van der Waals surface area contributed by atoms with Crippen LogP contribution in [0.4, 0.5) is 0 Å². The highest BCUT2D eigenvalue weighted by molar-refractivity contribution is 4.79. The Kier molecular flexibility index (Phi) is 7.04. The maximum absolute atomic E-state index is 9.24. The summed E-state index contributed by atoms with van der Waals surface area (Å²) in [6, 6.07) is 0.968. The van der Waals surface area contributed by atoms with Crippen LogP contribution in [0.15, 0.2) is 0 Å². The predicted octanol–water partition coefficient (Wildman–Crippen LogP) is 0.373. The van der Waals surface area contributed by atoms with Crippen molar-refractivity contribution in [3.8, 4) is 0 Å². The Bertz CT molecular complexity index is 199. The predicted molar refractivity (Wildman–Crippen MR) is 72.3 cm³/mol. The summed E-state index contributed by atoms with van der Waals surface area (Å²) < 4.78 is 0. The fourth-order valence-electron chi connectivity index (χ4n) is 2.54. The van der Waals surface area contributed by atoms with Gasteiger partial charge in [0.05, 0.1) is 6.61 Å². The zero-order valence-electron chi connectivity index (χ0n) is 11.7. The van der Waals surface area contributed by atoms with Gasteiger partial charge in [-0.1, -0.05) is 6.92 Å². The molecule has 1 aliphatic rings. The van der Waals surface area contributed by atoms with E-state index >= 15 is 0 Å². The molecule has 4 heteroatoms. The van der Waals surface area contributed by atoms with Gasteiger partial charge in [0.2, 0.25) is 0 Å². The molecule has 0 aromatic carbocycles. The number of rotatable bonds is 7. The molecular weight excluding hydrogens is 214 g/mol. The van der Waals surface area contributed by atoms with Crippen molar-refractivity contribution >= 4 is 0 Å². The molecule has 2 N–H and O–H groups in total. The second kappa shape index (κ2) is 8.03. The third kappa shape index (κ3) is 5.34. The van der Waals surface area contributed by atoms with Gasteiger partial charge in [0.1, 0.15) is 0 Å². The number of nitrogens with zero attached hydrogens (tertiary/aromatic N) is 2. The molecule has 0 aliphatic carbocycles. The van der Waals surface area contributed by atoms with Crippen molar-refractivity contribution in [3.05, 3.63) is 0 Å². The fraction of sp³-hybridized carbons (Fsp3) is 1.00. The number of hydrogen-bond donors (Lipinski definition) is 2. The summed E-state index contributed by atoms with van der Waals surface area (Å²) in [5.41, 5.74) is 0. The molecule has 0 bridgehead atoms. The van der Waals surface area contributed by atoms with Gasteiger partial charge >= 0.3 is 0 Å². The molecule has 0 spiro atoms. The molecule has 0 saturated carbocycles. The Morgan fingerprint density at radius 3 is 2.82 bits per heavy atom. The van der Waals surface area contributed by atoms with Crippen LogP contribution in [0.2, 0.25) is 0 Å². The molecule has 1 saturated heterocycles. The number of aliphatic hydroxyl groups excluding tert-OH is 1. The summed E-state index contributed by atoms with van der Waals surface area (Å²) in [5, 5.41) is 12.6. The SMILES string of the molecule is CCNC(CO)CCN1CCCC(N(C)C)C1. The molecule has 1 heterocycles. The van der Waals surface area contributed by atoms with Crippen molar-refractivity contribution in [1.82, 2.24) is 15.1 Å². The fourth-order valence-corrected chi connectivity index (χ4v) is 2.54. The first-order chi connectivity index (χ1) is 8.17. The van der Waals surface area contributed by atoms with Gasteiger partial charge < -0.3 is 20.2 Å². The minimum Gasteiger partial charge on any atom is -0.395 e. The van der Waals surface area contributed by atoms with E-state index in [2.05, 4.69) is 36.1 Å². The van der Waals surface area contributed by atoms with E-state index in [0.29, 0.717) is 6.04 Å². The Labute approximate surface area is 106 Å². The van der Waals surface area contributed by atoms with E-state index in [9.17, 15) is 5.11 Å². The highest BCUT2D eigenvalue weighted by atomic mass is 16.3. The molecule has 102 valence electrons. The Balaban J connectivity index is 2.26. The van der Waals surface area contributed by atoms with E-state index in [-0.39, 0.29) is 12.6 Å². The molecule has 1 fully saturated rings. The second-order valence-corrected chi connectivity index (χ2v) is 5.29. The van der Waals surface area contributed by atoms with Gasteiger partial charge in [-0.05, 0) is 53.0 Å². The van der Waals surface area contributed by atoms with E-state index in [0.717, 1.165) is 19.5 Å². The lowest BCUT2D eigenvalue weighted by molar-refractivity contribution is 0.124. The van der Waals surface area contributed by atoms with E-state index in [4.69, 9.17) is 0 Å². The summed E-state index contributed by atoms with van der Waals surface area (Å²) in [7, 11) is 4.34. The highest BCUT2D eigenvalue weighted by Gasteiger charge is 2.21. The first-order valence-electron chi connectivity index (χ1n) is 6.90. The zero-order valence-corrected chi connectivity index (χ0v) is 11.7. The third-order valence-corrected chi connectivity index (χ3v) is 3.72. The minimum absolute atomic E-state index is 0.249. The van der Waals surface area contributed by atoms with Crippen LogP contribution in [0, 0.1) is 0 Å². The van der Waals surface area contributed by atoms with Crippen LogP contribution in [-0.2, 0) is 0 Å². The van der Waals surface area contributed by atoms with Gasteiger partial charge in [-0.3, -0.25) is 0 Å². The molecule has 0 amide bonds. The Morgan fingerprint density at radius 1 is 1.47 bits per heavy atom. The molecule has 1 aliphatic heterocycles. The quantitative estimate of drug-likeness (QED) is 0.678. The minimum atomic E-state index is 0.249. The highest BCUT2D eigenvalue weighted by Crippen LogP contribution is 2.14. The van der Waals surface area contributed by atoms with E-state index in [1.54, 1.807) is 0 Å². The maximum Gasteiger partial charge on any atom is 0.0585 e. The smallest absolute Gasteiger partial charge is 0.0585 e. The molecule has 2 unspecified atom stereocenters. The van der Waals surface area contributed by atoms with E-state index in [1.165, 1.54) is 25.9 Å². The molecule has 1 rings (SSSR count). The lowest BCUT2D eigenvalue weighted by Gasteiger charge is -2.36. The van der Waals surface area contributed by atoms with Gasteiger partial charge in [0.25, 0.3) is 0 Å². The average molecular weight is 243 g/mol. The Hall–Kier alpha value is -0.160. The summed E-state index contributed by atoms with van der Waals surface area (Å²) in [5.74, 6) is 0. The first kappa shape index (κ1) is 14.9. The van der Waals surface area contributed by atoms with Crippen LogP contribution in [-0.4, -0.2) is 73.9 Å². The van der Waals surface area contributed by atoms with Gasteiger partial charge in [0, 0.05) is 18.6 Å². The molecule has 0 aromatic heterocycles. The summed E-state index contributed by atoms with van der Waals surface area (Å²) >= 11 is 0. The summed E-state index contributed by atoms with van der Waals surface area (Å²) in [4.78, 5) is 4.87. The average Bonchev–Trinajstić information content (AvgIpc) is 2.34. The molecule has 4 nitrogen and oxygen atoms in total. The van der Waals surface area contributed by atoms with Crippen LogP contribution < -0.4 is 5.32 Å². The monoisotopic (exact) mass is 243 g/mol. The molecule has 17 heavy (non-hydrogen) atoms. The van der Waals surface area contributed by atoms with Crippen LogP contribution in [0.3, 0.4) is 0 Å². The number of hydrogen-bond acceptors (Lipinski definition) is 4. The van der Waals surface area contributed by atoms with Crippen LogP contribution in [0.1, 0.15) is 26.2 Å². The number of likely N-dealkylation sites (tertiary alicyclic amines) is 1. The lowest BCUT2D eigenvalue weighted by atomic mass is 10.0. The molecule has 0 aromatic rings. The third-order valence-electron chi connectivity index (χ3n) is 3.72. The van der Waals surface area contributed by atoms with Crippen molar-refractivity contribution in [3.63, 3.8) is 0 Å². The van der Waals surface area contributed by atoms with E-state index < -0.39 is 0 Å². The van der Waals surface area contributed by atoms with E-state index in [1.807, 2.05) is 0 Å². The van der Waals surface area contributed by atoms with Crippen molar-refractivity contribution in [2.75, 3.05) is 46.9 Å². The number of nitrogens with one attached hydrogen (secondary N) is 1. The van der Waals surface area contributed by atoms with Crippen LogP contribution >= 0.6 is 0 Å². The second-order valence-electron chi connectivity index (χ2n) is 5.29. The number of aliphatic hydroxyl groups is 1. The summed E-state index contributed by atoms with van der Waals surface area (Å²) in [6.45, 7) is 6.77. The van der Waals surface area contributed by atoms with Crippen molar-refractivity contribution in [2.24, 2.45) is 0 Å². The van der Waals surface area contributed by atoms with Crippen LogP contribution in [0.25, 0.3) is 0 Å². The molecule has 2 atom stereocenters. The number of likely N-dealkylation sites (N-methyl/N-ethyl adjacent to an activating group) is 2. The van der Waals surface area contributed by atoms with Crippen molar-refractivity contribution in [1.29, 1.82) is 0 Å². The topological polar surface area (TPSA) is 38.7 Å². The molecule has 0 radical (unpaired) electrons. The molecular formula is C13H29N3O. The van der Waals surface area contributed by atoms with Crippen molar-refractivity contribution in [2.45, 2.75) is 38.3 Å². The standard InChI is InChI=1S/C13H29N3O/c1-4-14-12(11-17)7-9-16-8-5-6-13(10-16)15(2)3/h12-14,17H,4-11H2,1-3H3. The Morgan fingerprint density at radius 2 is 2.24 bits per heavy atom. The zero-order chi connectivity index (χ0) is 12.7. The lowest BCUT2D eigenvalue weighted by Crippen LogP contribution is -2.46. The summed E-state index contributed by atoms with van der Waals surface area (Å²) in [6.07, 6.45) is 3.67. The van der Waals surface area contributed by atoms with Gasteiger partial charge in [-0.25, -0.2) is 0 Å². The van der Waals surface area contributed by atoms with Crippen molar-refractivity contribution < 1.29 is 5.11 Å². The van der Waals surface area contributed by atoms with Crippen LogP contribution in [0.5, 0.6) is 0 Å². The number of piperidine rings is 1. The van der Waals surface area contributed by atoms with Gasteiger partial charge in [0.15, 0.2) is 0 Å². The van der Waals surface area contributed by atoms with Gasteiger partial charge in [-0.15, -0.1) is 0 Å². The van der Waals surface area contributed by atoms with Gasteiger partial charge in [-0.2, -0.15) is 0 Å². The normalized spacial score (nSPS) is 24.2.